The lowest BCUT2D eigenvalue weighted by atomic mass is 10.1. The van der Waals surface area contributed by atoms with Crippen LogP contribution in [0.1, 0.15) is 17.3 Å². The summed E-state index contributed by atoms with van der Waals surface area (Å²) >= 11 is 0. The average Bonchev–Trinajstić information content (AvgIpc) is 2.38. The summed E-state index contributed by atoms with van der Waals surface area (Å²) in [5.74, 6) is -1.46. The largest absolute Gasteiger partial charge is 0.478 e. The third kappa shape index (κ3) is 4.19. The molecule has 0 aromatic heterocycles. The highest BCUT2D eigenvalue weighted by Crippen LogP contribution is 2.22. The number of rotatable bonds is 7. The Hall–Kier alpha value is -2.16. The number of nitro groups is 1. The fourth-order valence-electron chi connectivity index (χ4n) is 1.46. The molecule has 0 saturated heterocycles. The first-order valence-electron chi connectivity index (χ1n) is 5.73. The normalized spacial score (nSPS) is 11.1. The summed E-state index contributed by atoms with van der Waals surface area (Å²) in [6.45, 7) is 1.55. The van der Waals surface area contributed by atoms with Gasteiger partial charge in [-0.1, -0.05) is 6.92 Å². The lowest BCUT2D eigenvalue weighted by Crippen LogP contribution is -2.18. The molecule has 0 bridgehead atoms. The van der Waals surface area contributed by atoms with Gasteiger partial charge in [0.25, 0.3) is 5.69 Å². The van der Waals surface area contributed by atoms with Crippen LogP contribution < -0.4 is 5.32 Å². The molecule has 9 heteroatoms. The summed E-state index contributed by atoms with van der Waals surface area (Å²) in [5.41, 5.74) is -0.461. The molecule has 8 nitrogen and oxygen atoms in total. The highest BCUT2D eigenvalue weighted by atomic mass is 32.2. The molecule has 0 aliphatic heterocycles. The van der Waals surface area contributed by atoms with Crippen molar-refractivity contribution in [2.75, 3.05) is 23.4 Å². The van der Waals surface area contributed by atoms with E-state index in [9.17, 15) is 23.3 Å². The van der Waals surface area contributed by atoms with Crippen LogP contribution in [0, 0.1) is 10.1 Å². The molecule has 0 fully saturated rings. The molecule has 0 aliphatic carbocycles. The van der Waals surface area contributed by atoms with Gasteiger partial charge in [0.1, 0.15) is 0 Å². The summed E-state index contributed by atoms with van der Waals surface area (Å²) in [6.07, 6.45) is 0. The van der Waals surface area contributed by atoms with Crippen LogP contribution in [-0.2, 0) is 9.84 Å². The highest BCUT2D eigenvalue weighted by Gasteiger charge is 2.16. The van der Waals surface area contributed by atoms with Gasteiger partial charge in [0.15, 0.2) is 9.84 Å². The molecular formula is C11H14N2O6S. The van der Waals surface area contributed by atoms with Gasteiger partial charge in [0, 0.05) is 30.1 Å². The number of carboxylic acids is 1. The zero-order valence-electron chi connectivity index (χ0n) is 10.7. The minimum Gasteiger partial charge on any atom is -0.478 e. The van der Waals surface area contributed by atoms with Crippen molar-refractivity contribution in [2.45, 2.75) is 6.92 Å². The number of sulfone groups is 1. The maximum Gasteiger partial charge on any atom is 0.338 e. The third-order valence-corrected chi connectivity index (χ3v) is 4.32. The summed E-state index contributed by atoms with van der Waals surface area (Å²) in [5, 5.41) is 22.2. The maximum absolute atomic E-state index is 11.3. The fraction of sp³-hybridized carbons (Fsp3) is 0.364. The highest BCUT2D eigenvalue weighted by molar-refractivity contribution is 7.91. The molecule has 20 heavy (non-hydrogen) atoms. The predicted octanol–water partition coefficient (Wildman–Crippen LogP) is 1.14. The number of carbonyl (C=O) groups is 1. The van der Waals surface area contributed by atoms with Crippen molar-refractivity contribution in [3.8, 4) is 0 Å². The standard InChI is InChI=1S/C11H14N2O6S/c1-2-20(18,19)6-5-12-10-4-3-8(13(16)17)7-9(10)11(14)15/h3-4,7,12H,2,5-6H2,1H3,(H,14,15). The lowest BCUT2D eigenvalue weighted by molar-refractivity contribution is -0.384. The van der Waals surface area contributed by atoms with Gasteiger partial charge in [-0.15, -0.1) is 0 Å². The molecule has 0 unspecified atom stereocenters. The van der Waals surface area contributed by atoms with Gasteiger partial charge in [-0.05, 0) is 6.07 Å². The van der Waals surface area contributed by atoms with Crippen molar-refractivity contribution >= 4 is 27.2 Å². The Bertz CT molecular complexity index is 626. The summed E-state index contributed by atoms with van der Waals surface area (Å²) in [6, 6.07) is 3.34. The predicted molar refractivity (Wildman–Crippen MR) is 72.9 cm³/mol. The number of anilines is 1. The minimum absolute atomic E-state index is 0.000723. The Balaban J connectivity index is 2.90. The Morgan fingerprint density at radius 1 is 1.45 bits per heavy atom. The molecule has 0 aliphatic rings. The zero-order valence-corrected chi connectivity index (χ0v) is 11.5. The van der Waals surface area contributed by atoms with E-state index in [0.717, 1.165) is 12.1 Å². The van der Waals surface area contributed by atoms with E-state index in [-0.39, 0.29) is 35.0 Å². The molecule has 2 N–H and O–H groups in total. The van der Waals surface area contributed by atoms with E-state index >= 15 is 0 Å². The number of nitrogens with one attached hydrogen (secondary N) is 1. The smallest absolute Gasteiger partial charge is 0.338 e. The zero-order chi connectivity index (χ0) is 15.3. The van der Waals surface area contributed by atoms with Crippen molar-refractivity contribution in [3.05, 3.63) is 33.9 Å². The molecule has 1 aromatic rings. The maximum atomic E-state index is 11.3. The first-order chi connectivity index (χ1) is 9.26. The molecule has 0 amide bonds. The topological polar surface area (TPSA) is 127 Å². The van der Waals surface area contributed by atoms with Crippen LogP contribution in [0.15, 0.2) is 18.2 Å². The van der Waals surface area contributed by atoms with E-state index in [2.05, 4.69) is 5.32 Å². The van der Waals surface area contributed by atoms with Crippen LogP contribution in [0.4, 0.5) is 11.4 Å². The number of hydrogen-bond donors (Lipinski definition) is 2. The molecule has 0 atom stereocenters. The van der Waals surface area contributed by atoms with Crippen LogP contribution in [-0.4, -0.2) is 42.5 Å². The van der Waals surface area contributed by atoms with E-state index in [4.69, 9.17) is 5.11 Å². The summed E-state index contributed by atoms with van der Waals surface area (Å²) < 4.78 is 22.6. The molecule has 1 rings (SSSR count). The van der Waals surface area contributed by atoms with Gasteiger partial charge < -0.3 is 10.4 Å². The Morgan fingerprint density at radius 3 is 2.60 bits per heavy atom. The van der Waals surface area contributed by atoms with Gasteiger partial charge in [-0.25, -0.2) is 13.2 Å². The molecule has 0 radical (unpaired) electrons. The van der Waals surface area contributed by atoms with Crippen molar-refractivity contribution in [1.29, 1.82) is 0 Å². The second-order valence-electron chi connectivity index (χ2n) is 3.96. The molecule has 1 aromatic carbocycles. The van der Waals surface area contributed by atoms with E-state index in [0.29, 0.717) is 0 Å². The SMILES string of the molecule is CCS(=O)(=O)CCNc1ccc([N+](=O)[O-])cc1C(=O)O. The van der Waals surface area contributed by atoms with Crippen molar-refractivity contribution in [3.63, 3.8) is 0 Å². The van der Waals surface area contributed by atoms with Crippen LogP contribution in [0.25, 0.3) is 0 Å². The molecule has 0 saturated carbocycles. The number of benzene rings is 1. The van der Waals surface area contributed by atoms with Crippen LogP contribution in [0.5, 0.6) is 0 Å². The minimum atomic E-state index is -3.16. The Labute approximate surface area is 115 Å². The molecule has 0 spiro atoms. The number of aromatic carboxylic acids is 1. The first kappa shape index (κ1) is 15.9. The van der Waals surface area contributed by atoms with E-state index in [1.54, 1.807) is 0 Å². The van der Waals surface area contributed by atoms with Crippen LogP contribution >= 0.6 is 0 Å². The number of nitrogens with zero attached hydrogens (tertiary/aromatic N) is 1. The van der Waals surface area contributed by atoms with Crippen molar-refractivity contribution in [1.82, 2.24) is 0 Å². The average molecular weight is 302 g/mol. The Kier molecular flexibility index (Phi) is 5.03. The second kappa shape index (κ2) is 6.33. The Morgan fingerprint density at radius 2 is 2.10 bits per heavy atom. The van der Waals surface area contributed by atoms with Crippen LogP contribution in [0.2, 0.25) is 0 Å². The van der Waals surface area contributed by atoms with Gasteiger partial charge >= 0.3 is 5.97 Å². The number of nitro benzene ring substituents is 1. The summed E-state index contributed by atoms with van der Waals surface area (Å²) in [4.78, 5) is 20.9. The quantitative estimate of drug-likeness (QED) is 0.571. The first-order valence-corrected chi connectivity index (χ1v) is 7.55. The fourth-order valence-corrected chi connectivity index (χ4v) is 2.16. The number of carboxylic acid groups (broad SMARTS) is 1. The van der Waals surface area contributed by atoms with Gasteiger partial charge in [-0.2, -0.15) is 0 Å². The van der Waals surface area contributed by atoms with Gasteiger partial charge in [0.2, 0.25) is 0 Å². The van der Waals surface area contributed by atoms with E-state index < -0.39 is 20.7 Å². The second-order valence-corrected chi connectivity index (χ2v) is 6.43. The molecule has 0 heterocycles. The molecular weight excluding hydrogens is 288 g/mol. The van der Waals surface area contributed by atoms with Crippen LogP contribution in [0.3, 0.4) is 0 Å². The third-order valence-electron chi connectivity index (χ3n) is 2.61. The monoisotopic (exact) mass is 302 g/mol. The number of hydrogen-bond acceptors (Lipinski definition) is 6. The molecule has 110 valence electrons. The van der Waals surface area contributed by atoms with Crippen molar-refractivity contribution < 1.29 is 23.2 Å². The number of non-ortho nitro benzene ring substituents is 1. The van der Waals surface area contributed by atoms with Gasteiger partial charge in [0.05, 0.1) is 16.2 Å². The van der Waals surface area contributed by atoms with Crippen molar-refractivity contribution in [2.24, 2.45) is 0 Å². The van der Waals surface area contributed by atoms with E-state index in [1.807, 2.05) is 0 Å². The lowest BCUT2D eigenvalue weighted by Gasteiger charge is -2.09. The summed E-state index contributed by atoms with van der Waals surface area (Å²) in [7, 11) is -3.16. The van der Waals surface area contributed by atoms with Gasteiger partial charge in [-0.3, -0.25) is 10.1 Å². The van der Waals surface area contributed by atoms with E-state index in [1.165, 1.54) is 13.0 Å².